The van der Waals surface area contributed by atoms with Crippen molar-refractivity contribution in [3.8, 4) is 0 Å². The molecule has 18 heavy (non-hydrogen) atoms. The Hall–Kier alpha value is -1.07. The zero-order valence-corrected chi connectivity index (χ0v) is 11.7. The Balaban J connectivity index is 1.95. The van der Waals surface area contributed by atoms with Crippen molar-refractivity contribution in [1.29, 1.82) is 0 Å². The van der Waals surface area contributed by atoms with Crippen LogP contribution in [0.2, 0.25) is 0 Å². The molecule has 4 nitrogen and oxygen atoms in total. The molecule has 0 saturated carbocycles. The Morgan fingerprint density at radius 2 is 1.83 bits per heavy atom. The minimum atomic E-state index is -0.348. The first kappa shape index (κ1) is 12.0. The summed E-state index contributed by atoms with van der Waals surface area (Å²) < 4.78 is 1.06. The quantitative estimate of drug-likeness (QED) is 0.825. The maximum Gasteiger partial charge on any atom is 0.247 e. The summed E-state index contributed by atoms with van der Waals surface area (Å²) in [5.74, 6) is 0.173. The minimum Gasteiger partial charge on any atom is -0.339 e. The number of benzene rings is 1. The van der Waals surface area contributed by atoms with Crippen LogP contribution in [-0.4, -0.2) is 31.2 Å². The van der Waals surface area contributed by atoms with Gasteiger partial charge in [-0.25, -0.2) is 0 Å². The average molecular weight is 310 g/mol. The molecule has 0 unspecified atom stereocenters. The molecule has 2 heterocycles. The highest BCUT2D eigenvalue weighted by Crippen LogP contribution is 2.34. The number of nitrogens with zero attached hydrogens (tertiary/aromatic N) is 1. The van der Waals surface area contributed by atoms with Crippen molar-refractivity contribution in [2.45, 2.75) is 18.4 Å². The first-order valence-electron chi connectivity index (χ1n) is 6.25. The van der Waals surface area contributed by atoms with E-state index in [0.717, 1.165) is 36.1 Å². The number of carbonyl (C=O) groups excluding carboxylic acids is 1. The van der Waals surface area contributed by atoms with Gasteiger partial charge in [0.25, 0.3) is 0 Å². The van der Waals surface area contributed by atoms with Crippen LogP contribution in [0.15, 0.2) is 28.7 Å². The molecular weight excluding hydrogens is 294 g/mol. The van der Waals surface area contributed by atoms with Gasteiger partial charge in [-0.15, -0.1) is 0 Å². The Morgan fingerprint density at radius 3 is 2.50 bits per heavy atom. The minimum absolute atomic E-state index is 0.173. The highest BCUT2D eigenvalue weighted by molar-refractivity contribution is 9.10. The monoisotopic (exact) mass is 309 g/mol. The summed E-state index contributed by atoms with van der Waals surface area (Å²) in [6.07, 6.45) is 1.74. The lowest BCUT2D eigenvalue weighted by Gasteiger charge is -2.40. The maximum atomic E-state index is 12.2. The highest BCUT2D eigenvalue weighted by Gasteiger charge is 2.48. The van der Waals surface area contributed by atoms with Crippen LogP contribution in [0.25, 0.3) is 0 Å². The summed E-state index contributed by atoms with van der Waals surface area (Å²) >= 11 is 3.44. The Morgan fingerprint density at radius 1 is 1.17 bits per heavy atom. The molecule has 2 saturated heterocycles. The van der Waals surface area contributed by atoms with Crippen molar-refractivity contribution < 1.29 is 4.79 Å². The highest BCUT2D eigenvalue weighted by atomic mass is 79.9. The van der Waals surface area contributed by atoms with Gasteiger partial charge in [0.05, 0.1) is 6.67 Å². The topological polar surface area (TPSA) is 44.4 Å². The van der Waals surface area contributed by atoms with E-state index in [4.69, 9.17) is 0 Å². The van der Waals surface area contributed by atoms with Gasteiger partial charge in [-0.3, -0.25) is 4.79 Å². The molecule has 0 aliphatic carbocycles. The molecule has 0 aromatic heterocycles. The van der Waals surface area contributed by atoms with Crippen LogP contribution in [0.5, 0.6) is 0 Å². The number of halogens is 1. The predicted octanol–water partition coefficient (Wildman–Crippen LogP) is 1.46. The summed E-state index contributed by atoms with van der Waals surface area (Å²) in [5, 5.41) is 6.31. The molecule has 0 bridgehead atoms. The number of amides is 1. The molecule has 2 aliphatic rings. The van der Waals surface area contributed by atoms with Crippen LogP contribution in [0.1, 0.15) is 12.8 Å². The molecule has 1 aromatic carbocycles. The number of anilines is 1. The van der Waals surface area contributed by atoms with E-state index in [1.165, 1.54) is 0 Å². The van der Waals surface area contributed by atoms with Crippen molar-refractivity contribution in [2.24, 2.45) is 0 Å². The van der Waals surface area contributed by atoms with Crippen molar-refractivity contribution in [1.82, 2.24) is 10.6 Å². The van der Waals surface area contributed by atoms with Gasteiger partial charge in [0.15, 0.2) is 0 Å². The summed E-state index contributed by atoms with van der Waals surface area (Å²) in [4.78, 5) is 14.4. The van der Waals surface area contributed by atoms with Crippen LogP contribution in [-0.2, 0) is 4.79 Å². The summed E-state index contributed by atoms with van der Waals surface area (Å²) in [5.41, 5.74) is 0.762. The lowest BCUT2D eigenvalue weighted by atomic mass is 9.86. The molecule has 2 fully saturated rings. The molecule has 2 N–H and O–H groups in total. The number of rotatable bonds is 1. The summed E-state index contributed by atoms with van der Waals surface area (Å²) in [6, 6.07) is 8.17. The van der Waals surface area contributed by atoms with E-state index in [2.05, 4.69) is 43.6 Å². The van der Waals surface area contributed by atoms with Gasteiger partial charge < -0.3 is 15.5 Å². The van der Waals surface area contributed by atoms with Crippen LogP contribution in [0, 0.1) is 0 Å². The number of nitrogens with one attached hydrogen (secondary N) is 2. The zero-order valence-electron chi connectivity index (χ0n) is 10.1. The molecule has 1 aromatic rings. The van der Waals surface area contributed by atoms with Crippen LogP contribution in [0.3, 0.4) is 0 Å². The van der Waals surface area contributed by atoms with Gasteiger partial charge in [-0.1, -0.05) is 15.9 Å². The number of piperidine rings is 1. The first-order chi connectivity index (χ1) is 8.72. The Labute approximate surface area is 115 Å². The van der Waals surface area contributed by atoms with Gasteiger partial charge in [0.1, 0.15) is 5.54 Å². The van der Waals surface area contributed by atoms with Crippen molar-refractivity contribution >= 4 is 27.5 Å². The largest absolute Gasteiger partial charge is 0.339 e. The average Bonchev–Trinajstić information content (AvgIpc) is 2.70. The van der Waals surface area contributed by atoms with E-state index >= 15 is 0 Å². The van der Waals surface area contributed by atoms with Gasteiger partial charge in [-0.05, 0) is 50.2 Å². The SMILES string of the molecule is O=C1NCN(c2ccc(Br)cc2)C12CCNCC2. The molecule has 0 radical (unpaired) electrons. The number of carbonyl (C=O) groups is 1. The third-order valence-electron chi connectivity index (χ3n) is 3.91. The molecule has 1 amide bonds. The Kier molecular flexibility index (Phi) is 3.03. The molecule has 5 heteroatoms. The fraction of sp³-hybridized carbons (Fsp3) is 0.462. The van der Waals surface area contributed by atoms with E-state index in [1.54, 1.807) is 0 Å². The fourth-order valence-electron chi connectivity index (χ4n) is 2.89. The second-order valence-electron chi connectivity index (χ2n) is 4.85. The first-order valence-corrected chi connectivity index (χ1v) is 7.04. The maximum absolute atomic E-state index is 12.2. The molecular formula is C13H16BrN3O. The third kappa shape index (κ3) is 1.82. The fourth-order valence-corrected chi connectivity index (χ4v) is 3.15. The standard InChI is InChI=1S/C13H16BrN3O/c14-10-1-3-11(4-2-10)17-9-16-12(18)13(17)5-7-15-8-6-13/h1-4,15H,5-9H2,(H,16,18). The molecule has 1 spiro atoms. The zero-order chi connectivity index (χ0) is 12.6. The van der Waals surface area contributed by atoms with E-state index < -0.39 is 0 Å². The Bertz CT molecular complexity index is 454. The van der Waals surface area contributed by atoms with Gasteiger partial charge in [-0.2, -0.15) is 0 Å². The van der Waals surface area contributed by atoms with Crippen LogP contribution in [0.4, 0.5) is 5.69 Å². The normalized spacial score (nSPS) is 22.3. The van der Waals surface area contributed by atoms with Crippen LogP contribution < -0.4 is 15.5 Å². The van der Waals surface area contributed by atoms with E-state index in [0.29, 0.717) is 6.67 Å². The third-order valence-corrected chi connectivity index (χ3v) is 4.43. The predicted molar refractivity (Wildman–Crippen MR) is 74.5 cm³/mol. The summed E-state index contributed by atoms with van der Waals surface area (Å²) in [6.45, 7) is 2.42. The number of hydrogen-bond donors (Lipinski definition) is 2. The van der Waals surface area contributed by atoms with Crippen molar-refractivity contribution in [2.75, 3.05) is 24.7 Å². The second-order valence-corrected chi connectivity index (χ2v) is 5.77. The van der Waals surface area contributed by atoms with Gasteiger partial charge in [0, 0.05) is 10.2 Å². The smallest absolute Gasteiger partial charge is 0.247 e. The number of hydrogen-bond acceptors (Lipinski definition) is 3. The van der Waals surface area contributed by atoms with Crippen LogP contribution >= 0.6 is 15.9 Å². The van der Waals surface area contributed by atoms with Gasteiger partial charge >= 0.3 is 0 Å². The molecule has 3 rings (SSSR count). The van der Waals surface area contributed by atoms with Gasteiger partial charge in [0.2, 0.25) is 5.91 Å². The van der Waals surface area contributed by atoms with Crippen molar-refractivity contribution in [3.63, 3.8) is 0 Å². The summed E-state index contributed by atoms with van der Waals surface area (Å²) in [7, 11) is 0. The van der Waals surface area contributed by atoms with E-state index in [-0.39, 0.29) is 11.4 Å². The molecule has 96 valence electrons. The van der Waals surface area contributed by atoms with E-state index in [9.17, 15) is 4.79 Å². The van der Waals surface area contributed by atoms with E-state index in [1.807, 2.05) is 12.1 Å². The van der Waals surface area contributed by atoms with Crippen molar-refractivity contribution in [3.05, 3.63) is 28.7 Å². The molecule has 0 atom stereocenters. The lowest BCUT2D eigenvalue weighted by Crippen LogP contribution is -2.55. The molecule has 2 aliphatic heterocycles. The second kappa shape index (κ2) is 4.55. The lowest BCUT2D eigenvalue weighted by molar-refractivity contribution is -0.124.